The van der Waals surface area contributed by atoms with Gasteiger partial charge in [-0.2, -0.15) is 5.26 Å². The molecular weight excluding hydrogens is 298 g/mol. The maximum absolute atomic E-state index is 9.07. The summed E-state index contributed by atoms with van der Waals surface area (Å²) in [6.07, 6.45) is 9.23. The van der Waals surface area contributed by atoms with E-state index < -0.39 is 0 Å². The monoisotopic (exact) mass is 315 g/mol. The molecule has 1 N–H and O–H groups in total. The average molecular weight is 315 g/mol. The molecule has 2 aromatic rings. The summed E-state index contributed by atoms with van der Waals surface area (Å²) < 4.78 is 5.61. The molecule has 1 aromatic heterocycles. The number of hydrogen-bond donors (Lipinski definition) is 1. The summed E-state index contributed by atoms with van der Waals surface area (Å²) in [7, 11) is 1.71. The van der Waals surface area contributed by atoms with Crippen molar-refractivity contribution in [1.29, 1.82) is 5.26 Å². The summed E-state index contributed by atoms with van der Waals surface area (Å²) in [5, 5.41) is 10.2. The number of nitrogens with one attached hydrogen (secondary N) is 1. The zero-order chi connectivity index (χ0) is 16.7. The van der Waals surface area contributed by atoms with Gasteiger partial charge in [0.2, 0.25) is 0 Å². The molecule has 2 aliphatic rings. The van der Waals surface area contributed by atoms with Crippen LogP contribution in [0, 0.1) is 18.3 Å². The average Bonchev–Trinajstić information content (AvgIpc) is 3.22. The third kappa shape index (κ3) is 2.26. The number of nitriles is 1. The summed E-state index contributed by atoms with van der Waals surface area (Å²) in [5.74, 6) is 0.889. The highest BCUT2D eigenvalue weighted by Crippen LogP contribution is 2.34. The number of fused-ring (bicyclic) bond motifs is 2. The topological polar surface area (TPSA) is 61.2 Å². The fraction of sp³-hybridized carbons (Fsp3) is 0.200. The fourth-order valence-corrected chi connectivity index (χ4v) is 3.41. The number of methoxy groups -OCH3 is 1. The van der Waals surface area contributed by atoms with Crippen LogP contribution in [0.4, 0.5) is 0 Å². The van der Waals surface area contributed by atoms with Gasteiger partial charge in [0.25, 0.3) is 0 Å². The first kappa shape index (κ1) is 14.5. The van der Waals surface area contributed by atoms with Gasteiger partial charge in [0.15, 0.2) is 0 Å². The summed E-state index contributed by atoms with van der Waals surface area (Å²) in [5.41, 5.74) is 7.34. The normalized spacial score (nSPS) is 16.0. The van der Waals surface area contributed by atoms with E-state index in [1.54, 1.807) is 7.11 Å². The molecule has 1 aliphatic heterocycles. The molecule has 0 atom stereocenters. The van der Waals surface area contributed by atoms with Gasteiger partial charge in [-0.3, -0.25) is 4.99 Å². The Morgan fingerprint density at radius 1 is 1.38 bits per heavy atom. The second kappa shape index (κ2) is 5.54. The lowest BCUT2D eigenvalue weighted by atomic mass is 9.97. The largest absolute Gasteiger partial charge is 0.496 e. The second-order valence-electron chi connectivity index (χ2n) is 6.12. The van der Waals surface area contributed by atoms with Crippen LogP contribution in [-0.2, 0) is 6.42 Å². The summed E-state index contributed by atoms with van der Waals surface area (Å²) in [6, 6.07) is 6.38. The second-order valence-corrected chi connectivity index (χ2v) is 6.12. The van der Waals surface area contributed by atoms with Gasteiger partial charge in [0.05, 0.1) is 18.9 Å². The van der Waals surface area contributed by atoms with Gasteiger partial charge < -0.3 is 9.72 Å². The number of H-pyrrole nitrogens is 1. The van der Waals surface area contributed by atoms with Crippen molar-refractivity contribution in [2.45, 2.75) is 19.8 Å². The Morgan fingerprint density at radius 3 is 3.04 bits per heavy atom. The Labute approximate surface area is 140 Å². The Morgan fingerprint density at radius 2 is 2.25 bits per heavy atom. The molecule has 0 fully saturated rings. The molecule has 0 saturated carbocycles. The molecule has 0 amide bonds. The SMILES string of the molecule is COc1cc(C)c2[nH]ccc2c1CC1=NC2=CC=C(C#N)CC2=C1. The number of allylic oxidation sites excluding steroid dienone is 5. The number of aryl methyl sites for hydroxylation is 1. The van der Waals surface area contributed by atoms with Gasteiger partial charge in [-0.05, 0) is 48.4 Å². The lowest BCUT2D eigenvalue weighted by Crippen LogP contribution is -2.01. The highest BCUT2D eigenvalue weighted by atomic mass is 16.5. The van der Waals surface area contributed by atoms with E-state index in [1.807, 2.05) is 18.3 Å². The summed E-state index contributed by atoms with van der Waals surface area (Å²) in [6.45, 7) is 2.08. The van der Waals surface area contributed by atoms with Crippen LogP contribution in [-0.4, -0.2) is 17.8 Å². The van der Waals surface area contributed by atoms with Crippen LogP contribution in [0.1, 0.15) is 17.5 Å². The van der Waals surface area contributed by atoms with Crippen LogP contribution in [0.5, 0.6) is 5.75 Å². The Bertz CT molecular complexity index is 1010. The van der Waals surface area contributed by atoms with Crippen molar-refractivity contribution in [3.8, 4) is 11.8 Å². The van der Waals surface area contributed by atoms with Gasteiger partial charge in [0.1, 0.15) is 5.75 Å². The van der Waals surface area contributed by atoms with Crippen LogP contribution >= 0.6 is 0 Å². The first-order valence-corrected chi connectivity index (χ1v) is 7.92. The van der Waals surface area contributed by atoms with Gasteiger partial charge in [0, 0.05) is 46.8 Å². The number of nitrogens with zero attached hydrogens (tertiary/aromatic N) is 2. The molecule has 4 heteroatoms. The van der Waals surface area contributed by atoms with Crippen LogP contribution in [0.3, 0.4) is 0 Å². The number of hydrogen-bond acceptors (Lipinski definition) is 3. The number of rotatable bonds is 3. The van der Waals surface area contributed by atoms with E-state index in [-0.39, 0.29) is 0 Å². The standard InChI is InChI=1S/C20H17N3O/c1-12-7-19(24-2)17(16-5-6-22-20(12)16)10-15-9-14-8-13(11-21)3-4-18(14)23-15/h3-7,9,22H,8,10H2,1-2H3. The summed E-state index contributed by atoms with van der Waals surface area (Å²) >= 11 is 0. The molecule has 4 rings (SSSR count). The molecule has 0 radical (unpaired) electrons. The molecular formula is C20H17N3O. The van der Waals surface area contributed by atoms with Crippen LogP contribution in [0.25, 0.3) is 10.9 Å². The van der Waals surface area contributed by atoms with Crippen LogP contribution < -0.4 is 4.74 Å². The van der Waals surface area contributed by atoms with Gasteiger partial charge in [-0.15, -0.1) is 0 Å². The van der Waals surface area contributed by atoms with E-state index in [9.17, 15) is 0 Å². The fourth-order valence-electron chi connectivity index (χ4n) is 3.41. The van der Waals surface area contributed by atoms with E-state index in [4.69, 9.17) is 15.0 Å². The number of aromatic nitrogens is 1. The van der Waals surface area contributed by atoms with Gasteiger partial charge in [-0.25, -0.2) is 0 Å². The molecule has 0 saturated heterocycles. The van der Waals surface area contributed by atoms with Crippen molar-refractivity contribution < 1.29 is 4.74 Å². The Kier molecular flexibility index (Phi) is 3.35. The molecule has 2 heterocycles. The minimum Gasteiger partial charge on any atom is -0.496 e. The van der Waals surface area contributed by atoms with Crippen molar-refractivity contribution in [2.75, 3.05) is 7.11 Å². The molecule has 1 aliphatic carbocycles. The lowest BCUT2D eigenvalue weighted by Gasteiger charge is -2.11. The predicted octanol–water partition coefficient (Wildman–Crippen LogP) is 4.15. The third-order valence-corrected chi connectivity index (χ3v) is 4.59. The lowest BCUT2D eigenvalue weighted by molar-refractivity contribution is 0.411. The van der Waals surface area contributed by atoms with Crippen molar-refractivity contribution in [3.05, 3.63) is 64.5 Å². The summed E-state index contributed by atoms with van der Waals surface area (Å²) in [4.78, 5) is 8.03. The Balaban J connectivity index is 1.72. The highest BCUT2D eigenvalue weighted by molar-refractivity contribution is 6.04. The van der Waals surface area contributed by atoms with Crippen LogP contribution in [0.15, 0.2) is 58.4 Å². The predicted molar refractivity (Wildman–Crippen MR) is 95.2 cm³/mol. The van der Waals surface area contributed by atoms with Crippen molar-refractivity contribution in [1.82, 2.24) is 4.98 Å². The zero-order valence-electron chi connectivity index (χ0n) is 13.7. The molecule has 1 aromatic carbocycles. The van der Waals surface area contributed by atoms with Crippen molar-refractivity contribution in [2.24, 2.45) is 4.99 Å². The number of benzene rings is 1. The minimum atomic E-state index is 0.667. The number of ether oxygens (including phenoxy) is 1. The molecule has 4 nitrogen and oxygen atoms in total. The van der Waals surface area contributed by atoms with E-state index in [0.717, 1.165) is 39.4 Å². The quantitative estimate of drug-likeness (QED) is 0.925. The van der Waals surface area contributed by atoms with Crippen molar-refractivity contribution in [3.63, 3.8) is 0 Å². The van der Waals surface area contributed by atoms with E-state index in [0.29, 0.717) is 12.8 Å². The maximum Gasteiger partial charge on any atom is 0.123 e. The van der Waals surface area contributed by atoms with E-state index in [1.165, 1.54) is 10.9 Å². The third-order valence-electron chi connectivity index (χ3n) is 4.59. The van der Waals surface area contributed by atoms with Crippen LogP contribution in [0.2, 0.25) is 0 Å². The first-order chi connectivity index (χ1) is 11.7. The van der Waals surface area contributed by atoms with Crippen molar-refractivity contribution >= 4 is 16.6 Å². The molecule has 0 unspecified atom stereocenters. The maximum atomic E-state index is 9.07. The number of aliphatic imine (C=N–C) groups is 1. The van der Waals surface area contributed by atoms with E-state index >= 15 is 0 Å². The zero-order valence-corrected chi connectivity index (χ0v) is 13.7. The Hall–Kier alpha value is -3.06. The molecule has 24 heavy (non-hydrogen) atoms. The minimum absolute atomic E-state index is 0.667. The highest BCUT2D eigenvalue weighted by Gasteiger charge is 2.20. The van der Waals surface area contributed by atoms with Gasteiger partial charge >= 0.3 is 0 Å². The molecule has 0 bridgehead atoms. The number of aromatic amines is 1. The smallest absolute Gasteiger partial charge is 0.123 e. The van der Waals surface area contributed by atoms with Gasteiger partial charge in [-0.1, -0.05) is 0 Å². The molecule has 118 valence electrons. The first-order valence-electron chi connectivity index (χ1n) is 7.92. The van der Waals surface area contributed by atoms with E-state index in [2.05, 4.69) is 36.2 Å². The molecule has 0 spiro atoms.